The molecule has 0 atom stereocenters. The van der Waals surface area contributed by atoms with Gasteiger partial charge in [0.2, 0.25) is 0 Å². The second-order valence-electron chi connectivity index (χ2n) is 1.64. The number of aromatic nitrogens is 3. The second-order valence-corrected chi connectivity index (χ2v) is 2.27. The Morgan fingerprint density at radius 2 is 2.11 bits per heavy atom. The van der Waals surface area contributed by atoms with Crippen LogP contribution >= 0.6 is 11.5 Å². The minimum atomic E-state index is 0.926. The molecule has 0 radical (unpaired) electrons. The average Bonchev–Trinajstić information content (AvgIpc) is 2.33. The first-order valence-corrected chi connectivity index (χ1v) is 3.31. The van der Waals surface area contributed by atoms with E-state index in [2.05, 4.69) is 14.6 Å². The lowest BCUT2D eigenvalue weighted by Gasteiger charge is -1.78. The van der Waals surface area contributed by atoms with Gasteiger partial charge in [-0.1, -0.05) is 0 Å². The summed E-state index contributed by atoms with van der Waals surface area (Å²) in [4.78, 5) is 0. The molecule has 0 N–H and O–H groups in total. The zero-order valence-corrected chi connectivity index (χ0v) is 5.30. The van der Waals surface area contributed by atoms with Crippen LogP contribution in [0.1, 0.15) is 0 Å². The van der Waals surface area contributed by atoms with E-state index in [1.807, 2.05) is 5.38 Å². The zero-order chi connectivity index (χ0) is 6.10. The molecule has 0 spiro atoms. The van der Waals surface area contributed by atoms with Gasteiger partial charge in [-0.25, -0.2) is 0 Å². The molecule has 0 aliphatic rings. The maximum absolute atomic E-state index is 4.06. The van der Waals surface area contributed by atoms with E-state index >= 15 is 0 Å². The summed E-state index contributed by atoms with van der Waals surface area (Å²) >= 11 is 1.42. The standard InChI is InChI=1S/C5H3N3S/c1-4-3-9-8-5(4)2-7-6-1/h1-3H. The lowest BCUT2D eigenvalue weighted by atomic mass is 10.4. The van der Waals surface area contributed by atoms with Crippen molar-refractivity contribution in [2.75, 3.05) is 0 Å². The van der Waals surface area contributed by atoms with Crippen LogP contribution in [0.3, 0.4) is 0 Å². The summed E-state index contributed by atoms with van der Waals surface area (Å²) < 4.78 is 4.06. The molecule has 2 aromatic rings. The molecule has 0 saturated heterocycles. The summed E-state index contributed by atoms with van der Waals surface area (Å²) in [7, 11) is 0. The van der Waals surface area contributed by atoms with Crippen molar-refractivity contribution >= 4 is 22.4 Å². The van der Waals surface area contributed by atoms with E-state index in [1.54, 1.807) is 12.4 Å². The molecule has 0 unspecified atom stereocenters. The van der Waals surface area contributed by atoms with Crippen LogP contribution in [0, 0.1) is 0 Å². The highest BCUT2D eigenvalue weighted by Crippen LogP contribution is 2.10. The van der Waals surface area contributed by atoms with Gasteiger partial charge in [-0.15, -0.1) is 0 Å². The largest absolute Gasteiger partial charge is 0.191 e. The summed E-state index contributed by atoms with van der Waals surface area (Å²) in [5.41, 5.74) is 0.926. The normalized spacial score (nSPS) is 10.2. The van der Waals surface area contributed by atoms with Crippen molar-refractivity contribution in [2.24, 2.45) is 0 Å². The molecular formula is C5H3N3S. The van der Waals surface area contributed by atoms with Gasteiger partial charge in [0.05, 0.1) is 12.4 Å². The number of nitrogens with zero attached hydrogens (tertiary/aromatic N) is 3. The maximum atomic E-state index is 4.06. The van der Waals surface area contributed by atoms with Crippen LogP contribution in [0.2, 0.25) is 0 Å². The Bertz CT molecular complexity index is 286. The molecule has 0 fully saturated rings. The topological polar surface area (TPSA) is 38.7 Å². The number of hydrogen-bond donors (Lipinski definition) is 0. The number of hydrogen-bond acceptors (Lipinski definition) is 4. The van der Waals surface area contributed by atoms with Gasteiger partial charge in [0.1, 0.15) is 5.52 Å². The van der Waals surface area contributed by atoms with Crippen LogP contribution < -0.4 is 0 Å². The quantitative estimate of drug-likeness (QED) is 0.545. The van der Waals surface area contributed by atoms with Crippen LogP contribution in [0.15, 0.2) is 17.8 Å². The number of rotatable bonds is 0. The average molecular weight is 137 g/mol. The molecule has 0 aliphatic carbocycles. The van der Waals surface area contributed by atoms with Gasteiger partial charge in [-0.3, -0.25) is 0 Å². The highest BCUT2D eigenvalue weighted by atomic mass is 32.1. The summed E-state index contributed by atoms with van der Waals surface area (Å²) in [5.74, 6) is 0. The van der Waals surface area contributed by atoms with Crippen molar-refractivity contribution in [1.29, 1.82) is 0 Å². The van der Waals surface area contributed by atoms with Crippen molar-refractivity contribution in [2.45, 2.75) is 0 Å². The van der Waals surface area contributed by atoms with Gasteiger partial charge in [-0.2, -0.15) is 14.6 Å². The lowest BCUT2D eigenvalue weighted by Crippen LogP contribution is -1.75. The summed E-state index contributed by atoms with van der Waals surface area (Å²) in [6.07, 6.45) is 3.37. The molecule has 0 saturated carbocycles. The minimum absolute atomic E-state index is 0.926. The predicted octanol–water partition coefficient (Wildman–Crippen LogP) is 1.09. The fourth-order valence-electron chi connectivity index (χ4n) is 0.631. The lowest BCUT2D eigenvalue weighted by molar-refractivity contribution is 1.05. The van der Waals surface area contributed by atoms with Crippen molar-refractivity contribution in [3.05, 3.63) is 17.8 Å². The fraction of sp³-hybridized carbons (Fsp3) is 0. The number of fused-ring (bicyclic) bond motifs is 1. The van der Waals surface area contributed by atoms with Crippen molar-refractivity contribution in [1.82, 2.24) is 14.6 Å². The van der Waals surface area contributed by atoms with Crippen LogP contribution in [-0.4, -0.2) is 14.6 Å². The molecule has 3 nitrogen and oxygen atoms in total. The van der Waals surface area contributed by atoms with Crippen LogP contribution in [0.25, 0.3) is 10.9 Å². The molecule has 0 aliphatic heterocycles. The fourth-order valence-corrected chi connectivity index (χ4v) is 1.25. The highest BCUT2D eigenvalue weighted by Gasteiger charge is 1.91. The summed E-state index contributed by atoms with van der Waals surface area (Å²) in [5, 5.41) is 10.4. The monoisotopic (exact) mass is 137 g/mol. The maximum Gasteiger partial charge on any atom is 0.106 e. The van der Waals surface area contributed by atoms with E-state index in [0.29, 0.717) is 0 Å². The van der Waals surface area contributed by atoms with Gasteiger partial charge < -0.3 is 0 Å². The van der Waals surface area contributed by atoms with Crippen molar-refractivity contribution < 1.29 is 0 Å². The summed E-state index contributed by atoms with van der Waals surface area (Å²) in [6.45, 7) is 0. The first-order valence-electron chi connectivity index (χ1n) is 2.47. The van der Waals surface area contributed by atoms with Gasteiger partial charge in [0.15, 0.2) is 0 Å². The Morgan fingerprint density at radius 3 is 3.00 bits per heavy atom. The van der Waals surface area contributed by atoms with E-state index in [-0.39, 0.29) is 0 Å². The van der Waals surface area contributed by atoms with E-state index < -0.39 is 0 Å². The molecule has 0 bridgehead atoms. The molecule has 2 aromatic heterocycles. The van der Waals surface area contributed by atoms with Crippen LogP contribution in [-0.2, 0) is 0 Å². The Morgan fingerprint density at radius 1 is 1.22 bits per heavy atom. The van der Waals surface area contributed by atoms with E-state index in [1.165, 1.54) is 11.5 Å². The smallest absolute Gasteiger partial charge is 0.106 e. The molecule has 4 heteroatoms. The van der Waals surface area contributed by atoms with Gasteiger partial charge >= 0.3 is 0 Å². The first-order chi connectivity index (χ1) is 4.47. The van der Waals surface area contributed by atoms with E-state index in [4.69, 9.17) is 0 Å². The SMILES string of the molecule is c1nncc2nscc12. The third kappa shape index (κ3) is 0.675. The molecule has 2 heterocycles. The third-order valence-electron chi connectivity index (χ3n) is 1.07. The van der Waals surface area contributed by atoms with Gasteiger partial charge in [0, 0.05) is 10.8 Å². The van der Waals surface area contributed by atoms with Crippen molar-refractivity contribution in [3.63, 3.8) is 0 Å². The van der Waals surface area contributed by atoms with Crippen LogP contribution in [0.5, 0.6) is 0 Å². The van der Waals surface area contributed by atoms with E-state index in [9.17, 15) is 0 Å². The minimum Gasteiger partial charge on any atom is -0.191 e. The first kappa shape index (κ1) is 4.81. The molecular weight excluding hydrogens is 134 g/mol. The Kier molecular flexibility index (Phi) is 0.927. The Hall–Kier alpha value is -1.03. The van der Waals surface area contributed by atoms with Crippen molar-refractivity contribution in [3.8, 4) is 0 Å². The molecule has 44 valence electrons. The Balaban J connectivity index is 2.95. The molecule has 0 amide bonds. The molecule has 2 rings (SSSR count). The van der Waals surface area contributed by atoms with Gasteiger partial charge in [0.25, 0.3) is 0 Å². The highest BCUT2D eigenvalue weighted by molar-refractivity contribution is 7.04. The van der Waals surface area contributed by atoms with Crippen LogP contribution in [0.4, 0.5) is 0 Å². The van der Waals surface area contributed by atoms with E-state index in [0.717, 1.165) is 10.9 Å². The predicted molar refractivity (Wildman–Crippen MR) is 35.2 cm³/mol. The van der Waals surface area contributed by atoms with Gasteiger partial charge in [-0.05, 0) is 11.5 Å². The Labute approximate surface area is 55.5 Å². The summed E-state index contributed by atoms with van der Waals surface area (Å²) in [6, 6.07) is 0. The molecule has 0 aromatic carbocycles. The zero-order valence-electron chi connectivity index (χ0n) is 4.48. The molecule has 9 heavy (non-hydrogen) atoms. The third-order valence-corrected chi connectivity index (χ3v) is 1.73. The second kappa shape index (κ2) is 1.73.